The maximum atomic E-state index is 14.4. The maximum absolute atomic E-state index is 14.4. The van der Waals surface area contributed by atoms with Crippen LogP contribution in [0.2, 0.25) is 0 Å². The molecule has 1 aliphatic heterocycles. The van der Waals surface area contributed by atoms with Crippen molar-refractivity contribution in [3.63, 3.8) is 0 Å². The quantitative estimate of drug-likeness (QED) is 0.0128. The molecule has 442 valence electrons. The summed E-state index contributed by atoms with van der Waals surface area (Å²) in [6.45, 7) is -0.570. The third-order valence-corrected chi connectivity index (χ3v) is 12.3. The molecule has 0 radical (unpaired) electrons. The van der Waals surface area contributed by atoms with Gasteiger partial charge in [-0.25, -0.2) is 9.79 Å². The van der Waals surface area contributed by atoms with Crippen LogP contribution in [0.25, 0.3) is 0 Å². The second-order valence-electron chi connectivity index (χ2n) is 18.3. The summed E-state index contributed by atoms with van der Waals surface area (Å²) in [4.78, 5) is 131. The minimum absolute atomic E-state index is 0.0179. The standard InChI is InChI=1S/C49H83N17O13/c1-78-37-16-15-28(25-38(37)79-2)24-34(44(72)61-30(11-4-6-19-51)43(71)63-33(48(76)77)13-8-22-58-49(56)57)64-45(73)35-14-9-23-66(35)47(75)32(12-7-20-52)60-39(68)27-59-42(70)31(17-21-53)62-46(74)40(36(67)26-54)65-41(69)29(55)10-3-5-18-50/h13,15-16,25,29-31,34-36,40,67H,3-12,14,17-24,26-27,50-55H2,1-2H3,(H,59,70)(H,61,72)(H,62,74)(H,63,71)(H,64,73)(H,65,69)(H,76,77)(H4,56,57,58)/b33-13-,60-32?/t29-,30-,31-,34-,35-,36-,40-/m0/s1. The predicted molar refractivity (Wildman–Crippen MR) is 291 cm³/mol. The number of nitrogens with zero attached hydrogens (tertiary/aromatic N) is 3. The number of carboxylic acid groups (broad SMARTS) is 1. The number of aliphatic imine (C=N–C) groups is 2. The van der Waals surface area contributed by atoms with Crippen molar-refractivity contribution >= 4 is 64.9 Å². The Hall–Kier alpha value is -7.35. The number of ether oxygens (including phenoxy) is 2. The number of benzene rings is 1. The lowest BCUT2D eigenvalue weighted by atomic mass is 10.0. The Bertz CT molecular complexity index is 2300. The molecule has 1 aliphatic rings. The Morgan fingerprint density at radius 3 is 2.01 bits per heavy atom. The molecule has 1 heterocycles. The van der Waals surface area contributed by atoms with Crippen LogP contribution in [0.15, 0.2) is 40.0 Å². The first-order chi connectivity index (χ1) is 37.7. The predicted octanol–water partition coefficient (Wildman–Crippen LogP) is -6.00. The molecular formula is C49H83N17O13. The summed E-state index contributed by atoms with van der Waals surface area (Å²) >= 11 is 0. The van der Waals surface area contributed by atoms with Crippen LogP contribution in [0.5, 0.6) is 11.5 Å². The molecule has 1 aromatic carbocycles. The minimum atomic E-state index is -1.62. The summed E-state index contributed by atoms with van der Waals surface area (Å²) in [5.74, 6) is -7.96. The van der Waals surface area contributed by atoms with Crippen molar-refractivity contribution in [2.45, 2.75) is 126 Å². The van der Waals surface area contributed by atoms with E-state index < -0.39 is 114 Å². The van der Waals surface area contributed by atoms with Crippen LogP contribution in [-0.2, 0) is 49.6 Å². The average Bonchev–Trinajstić information content (AvgIpc) is 3.93. The molecule has 0 spiro atoms. The first-order valence-corrected chi connectivity index (χ1v) is 26.0. The highest BCUT2D eigenvalue weighted by Crippen LogP contribution is 2.28. The first kappa shape index (κ1) is 67.8. The zero-order chi connectivity index (χ0) is 59.0. The van der Waals surface area contributed by atoms with E-state index in [4.69, 9.17) is 55.3 Å². The van der Waals surface area contributed by atoms with Gasteiger partial charge in [0, 0.05) is 26.1 Å². The van der Waals surface area contributed by atoms with Crippen molar-refractivity contribution < 1.29 is 62.8 Å². The number of carbonyl (C=O) groups is 9. The van der Waals surface area contributed by atoms with Gasteiger partial charge in [0.2, 0.25) is 35.4 Å². The Morgan fingerprint density at radius 2 is 1.41 bits per heavy atom. The van der Waals surface area contributed by atoms with E-state index in [-0.39, 0.29) is 95.8 Å². The zero-order valence-electron chi connectivity index (χ0n) is 45.0. The SMILES string of the molecule is COc1ccc(C[C@H](NC(=O)[C@@H]2CCCN2C(=O)C(CCCN)=NC(=O)CNC(=O)[C@H](CCN)NC(=O)[C@@H](NC(=O)[C@@H](N)CCCCN)[C@@H](O)CN)C(=O)N[C@@H](CCCCN)C(=O)N/C(=C\CCN=C(N)N)C(=O)O)cc1OC. The molecule has 0 aromatic heterocycles. The fourth-order valence-corrected chi connectivity index (χ4v) is 8.04. The number of aliphatic hydroxyl groups is 1. The largest absolute Gasteiger partial charge is 0.493 e. The van der Waals surface area contributed by atoms with Gasteiger partial charge in [-0.05, 0) is 115 Å². The number of aliphatic hydroxyl groups excluding tert-OH is 1. The normalized spacial score (nSPS) is 15.7. The summed E-state index contributed by atoms with van der Waals surface area (Å²) in [6, 6.07) is -3.18. The van der Waals surface area contributed by atoms with Crippen molar-refractivity contribution in [1.82, 2.24) is 36.8 Å². The molecule has 1 fully saturated rings. The van der Waals surface area contributed by atoms with Crippen molar-refractivity contribution in [2.75, 3.05) is 66.6 Å². The maximum Gasteiger partial charge on any atom is 0.352 e. The van der Waals surface area contributed by atoms with E-state index in [2.05, 4.69) is 41.9 Å². The third-order valence-electron chi connectivity index (χ3n) is 12.3. The fraction of sp³-hybridized carbons (Fsp3) is 0.612. The molecule has 8 amide bonds. The van der Waals surface area contributed by atoms with E-state index in [9.17, 15) is 53.4 Å². The lowest BCUT2D eigenvalue weighted by molar-refractivity contribution is -0.137. The molecule has 0 aliphatic carbocycles. The van der Waals surface area contributed by atoms with Gasteiger partial charge in [0.25, 0.3) is 11.8 Å². The van der Waals surface area contributed by atoms with Gasteiger partial charge in [0.1, 0.15) is 41.6 Å². The van der Waals surface area contributed by atoms with E-state index in [0.717, 1.165) is 0 Å². The monoisotopic (exact) mass is 1120 g/mol. The number of methoxy groups -OCH3 is 2. The lowest BCUT2D eigenvalue weighted by Crippen LogP contribution is -2.61. The number of amides is 8. The molecule has 0 saturated carbocycles. The van der Waals surface area contributed by atoms with Gasteiger partial charge in [-0.1, -0.05) is 18.6 Å². The Balaban J connectivity index is 2.42. The molecule has 0 bridgehead atoms. The first-order valence-electron chi connectivity index (χ1n) is 26.0. The highest BCUT2D eigenvalue weighted by atomic mass is 16.5. The second kappa shape index (κ2) is 36.7. The molecular weight excluding hydrogens is 1030 g/mol. The molecule has 79 heavy (non-hydrogen) atoms. The number of carbonyl (C=O) groups excluding carboxylic acids is 8. The Morgan fingerprint density at radius 1 is 0.759 bits per heavy atom. The van der Waals surface area contributed by atoms with Gasteiger partial charge in [0.05, 0.1) is 32.9 Å². The van der Waals surface area contributed by atoms with Gasteiger partial charge in [0.15, 0.2) is 17.5 Å². The van der Waals surface area contributed by atoms with Crippen LogP contribution in [-0.4, -0.2) is 189 Å². The number of aliphatic carboxylic acids is 1. The highest BCUT2D eigenvalue weighted by Gasteiger charge is 2.39. The van der Waals surface area contributed by atoms with Gasteiger partial charge in [-0.3, -0.25) is 43.3 Å². The smallest absolute Gasteiger partial charge is 0.352 e. The zero-order valence-corrected chi connectivity index (χ0v) is 45.0. The molecule has 24 N–H and O–H groups in total. The number of rotatable bonds is 37. The van der Waals surface area contributed by atoms with Crippen LogP contribution < -0.4 is 87.2 Å². The number of carboxylic acids is 1. The van der Waals surface area contributed by atoms with Crippen LogP contribution in [0.1, 0.15) is 82.6 Å². The average molecular weight is 1120 g/mol. The number of likely N-dealkylation sites (tertiary alicyclic amines) is 1. The van der Waals surface area contributed by atoms with Gasteiger partial charge < -0.3 is 102 Å². The second-order valence-corrected chi connectivity index (χ2v) is 18.3. The summed E-state index contributed by atoms with van der Waals surface area (Å²) in [6.07, 6.45) is 2.02. The van der Waals surface area contributed by atoms with Crippen LogP contribution >= 0.6 is 0 Å². The molecule has 2 rings (SSSR count). The summed E-state index contributed by atoms with van der Waals surface area (Å²) in [5.41, 5.74) is 44.7. The van der Waals surface area contributed by atoms with E-state index in [1.54, 1.807) is 18.2 Å². The number of hydrogen-bond acceptors (Lipinski definition) is 19. The van der Waals surface area contributed by atoms with Crippen LogP contribution in [0, 0.1) is 0 Å². The van der Waals surface area contributed by atoms with Crippen molar-refractivity contribution in [2.24, 2.45) is 55.9 Å². The van der Waals surface area contributed by atoms with Gasteiger partial charge in [-0.15, -0.1) is 0 Å². The lowest BCUT2D eigenvalue weighted by Gasteiger charge is -2.28. The Labute approximate surface area is 458 Å². The van der Waals surface area contributed by atoms with E-state index in [1.807, 2.05) is 0 Å². The number of unbranched alkanes of at least 4 members (excludes halogenated alkanes) is 2. The summed E-state index contributed by atoms with van der Waals surface area (Å²) < 4.78 is 10.8. The molecule has 7 atom stereocenters. The molecule has 30 nitrogen and oxygen atoms in total. The highest BCUT2D eigenvalue weighted by molar-refractivity contribution is 6.40. The third kappa shape index (κ3) is 23.7. The minimum Gasteiger partial charge on any atom is -0.493 e. The molecule has 1 aromatic rings. The Kier molecular flexibility index (Phi) is 31.5. The number of nitrogens with one attached hydrogen (secondary N) is 6. The number of guanidine groups is 1. The van der Waals surface area contributed by atoms with E-state index >= 15 is 0 Å². The topological polar surface area (TPSA) is 521 Å². The van der Waals surface area contributed by atoms with Crippen molar-refractivity contribution in [1.29, 1.82) is 0 Å². The van der Waals surface area contributed by atoms with Gasteiger partial charge in [-0.2, -0.15) is 0 Å². The van der Waals surface area contributed by atoms with Crippen molar-refractivity contribution in [3.05, 3.63) is 35.5 Å². The van der Waals surface area contributed by atoms with E-state index in [1.165, 1.54) is 25.2 Å². The van der Waals surface area contributed by atoms with Crippen LogP contribution in [0.3, 0.4) is 0 Å². The molecule has 1 saturated heterocycles. The van der Waals surface area contributed by atoms with Gasteiger partial charge >= 0.3 is 5.97 Å². The molecule has 0 unspecified atom stereocenters. The van der Waals surface area contributed by atoms with E-state index in [0.29, 0.717) is 55.7 Å². The van der Waals surface area contributed by atoms with Crippen molar-refractivity contribution in [3.8, 4) is 11.5 Å². The summed E-state index contributed by atoms with van der Waals surface area (Å²) in [5, 5.41) is 35.3. The summed E-state index contributed by atoms with van der Waals surface area (Å²) in [7, 11) is 2.84. The fourth-order valence-electron chi connectivity index (χ4n) is 8.04. The molecule has 30 heteroatoms. The van der Waals surface area contributed by atoms with Crippen LogP contribution in [0.4, 0.5) is 0 Å². The number of hydrogen-bond donors (Lipinski definition) is 16. The number of nitrogens with two attached hydrogens (primary N) is 8.